The van der Waals surface area contributed by atoms with Crippen molar-refractivity contribution in [3.05, 3.63) is 70.8 Å². The molecule has 0 aliphatic carbocycles. The Labute approximate surface area is 145 Å². The van der Waals surface area contributed by atoms with Gasteiger partial charge in [0.15, 0.2) is 0 Å². The Balaban J connectivity index is 2.09. The van der Waals surface area contributed by atoms with E-state index in [4.69, 9.17) is 9.72 Å². The maximum absolute atomic E-state index is 12.1. The molecule has 2 aromatic heterocycles. The van der Waals surface area contributed by atoms with Crippen LogP contribution < -0.4 is 10.3 Å². The minimum Gasteiger partial charge on any atom is -0.494 e. The van der Waals surface area contributed by atoms with Crippen molar-refractivity contribution in [1.29, 1.82) is 0 Å². The molecule has 2 heterocycles. The molecule has 124 valence electrons. The molecule has 0 radical (unpaired) electrons. The van der Waals surface area contributed by atoms with E-state index in [1.165, 1.54) is 0 Å². The van der Waals surface area contributed by atoms with Crippen molar-refractivity contribution in [2.45, 2.75) is 13.3 Å². The molecule has 0 saturated heterocycles. The maximum Gasteiger partial charge on any atom is 0.255 e. The third kappa shape index (κ3) is 2.47. The van der Waals surface area contributed by atoms with E-state index in [0.717, 1.165) is 45.3 Å². The van der Waals surface area contributed by atoms with Gasteiger partial charge in [-0.15, -0.1) is 0 Å². The van der Waals surface area contributed by atoms with Gasteiger partial charge in [0, 0.05) is 22.7 Å². The molecular formula is C21H18N2O2. The molecule has 4 heteroatoms. The number of H-pyrrole nitrogens is 1. The third-order valence-corrected chi connectivity index (χ3v) is 4.57. The van der Waals surface area contributed by atoms with Crippen molar-refractivity contribution in [1.82, 2.24) is 9.97 Å². The van der Waals surface area contributed by atoms with Crippen LogP contribution in [0.15, 0.2) is 59.5 Å². The van der Waals surface area contributed by atoms with Gasteiger partial charge in [0.1, 0.15) is 11.3 Å². The number of fused-ring (bicyclic) bond motifs is 2. The highest BCUT2D eigenvalue weighted by molar-refractivity contribution is 6.05. The van der Waals surface area contributed by atoms with Crippen LogP contribution in [0.25, 0.3) is 32.8 Å². The van der Waals surface area contributed by atoms with Crippen LogP contribution in [0.1, 0.15) is 12.6 Å². The van der Waals surface area contributed by atoms with Crippen LogP contribution in [0.3, 0.4) is 0 Å². The lowest BCUT2D eigenvalue weighted by molar-refractivity contribution is 0.419. The molecular weight excluding hydrogens is 312 g/mol. The van der Waals surface area contributed by atoms with Gasteiger partial charge in [-0.25, -0.2) is 4.98 Å². The number of aromatic nitrogens is 2. The molecule has 0 aliphatic heterocycles. The highest BCUT2D eigenvalue weighted by Crippen LogP contribution is 2.36. The Morgan fingerprint density at radius 3 is 2.60 bits per heavy atom. The fourth-order valence-corrected chi connectivity index (χ4v) is 3.29. The molecule has 0 spiro atoms. The largest absolute Gasteiger partial charge is 0.494 e. The van der Waals surface area contributed by atoms with E-state index in [2.05, 4.69) is 18.0 Å². The number of nitrogens with one attached hydrogen (secondary N) is 1. The molecule has 0 amide bonds. The Hall–Kier alpha value is -3.14. The summed E-state index contributed by atoms with van der Waals surface area (Å²) < 4.78 is 5.51. The van der Waals surface area contributed by atoms with E-state index in [0.29, 0.717) is 5.39 Å². The van der Waals surface area contributed by atoms with Crippen molar-refractivity contribution in [2.75, 3.05) is 7.11 Å². The average molecular weight is 330 g/mol. The van der Waals surface area contributed by atoms with Gasteiger partial charge < -0.3 is 9.72 Å². The van der Waals surface area contributed by atoms with Crippen LogP contribution in [0.5, 0.6) is 5.75 Å². The summed E-state index contributed by atoms with van der Waals surface area (Å²) in [7, 11) is 1.66. The molecule has 0 atom stereocenters. The fourth-order valence-electron chi connectivity index (χ4n) is 3.29. The summed E-state index contributed by atoms with van der Waals surface area (Å²) in [5, 5.41) is 2.63. The molecule has 2 aromatic carbocycles. The summed E-state index contributed by atoms with van der Waals surface area (Å²) >= 11 is 0. The summed E-state index contributed by atoms with van der Waals surface area (Å²) in [6.45, 7) is 2.08. The van der Waals surface area contributed by atoms with Gasteiger partial charge in [0.25, 0.3) is 5.56 Å². The minimum atomic E-state index is -0.0800. The number of rotatable bonds is 3. The molecule has 0 unspecified atom stereocenters. The average Bonchev–Trinajstić information content (AvgIpc) is 2.66. The normalized spacial score (nSPS) is 11.1. The number of hydrogen-bond acceptors (Lipinski definition) is 3. The van der Waals surface area contributed by atoms with Gasteiger partial charge in [-0.05, 0) is 53.3 Å². The lowest BCUT2D eigenvalue weighted by Gasteiger charge is -2.13. The standard InChI is InChI=1S/C21H18N2O2/c1-3-13-7-8-17-15(9-10-19(25-2)20(17)23-13)14-5-4-6-18-16(14)11-12-22-21(18)24/h4-12H,3H2,1-2H3,(H,22,24). The number of ether oxygens (including phenoxy) is 1. The van der Waals surface area contributed by atoms with Crippen LogP contribution in [-0.4, -0.2) is 17.1 Å². The smallest absolute Gasteiger partial charge is 0.255 e. The number of hydrogen-bond donors (Lipinski definition) is 1. The molecule has 0 saturated carbocycles. The Bertz CT molecular complexity index is 1150. The van der Waals surface area contributed by atoms with Gasteiger partial charge in [0.05, 0.1) is 7.11 Å². The van der Waals surface area contributed by atoms with E-state index in [1.54, 1.807) is 13.3 Å². The number of benzene rings is 2. The minimum absolute atomic E-state index is 0.0800. The highest BCUT2D eigenvalue weighted by Gasteiger charge is 2.13. The van der Waals surface area contributed by atoms with Crippen molar-refractivity contribution in [3.8, 4) is 16.9 Å². The molecule has 4 rings (SSSR count). The molecule has 0 fully saturated rings. The summed E-state index contributed by atoms with van der Waals surface area (Å²) in [4.78, 5) is 19.6. The second-order valence-electron chi connectivity index (χ2n) is 5.94. The van der Waals surface area contributed by atoms with Crippen LogP contribution in [0.4, 0.5) is 0 Å². The van der Waals surface area contributed by atoms with Crippen LogP contribution in [0.2, 0.25) is 0 Å². The van der Waals surface area contributed by atoms with E-state index in [1.807, 2.05) is 42.5 Å². The predicted molar refractivity (Wildman–Crippen MR) is 101 cm³/mol. The zero-order valence-electron chi connectivity index (χ0n) is 14.2. The first-order valence-electron chi connectivity index (χ1n) is 8.30. The van der Waals surface area contributed by atoms with Crippen molar-refractivity contribution in [2.24, 2.45) is 0 Å². The molecule has 25 heavy (non-hydrogen) atoms. The van der Waals surface area contributed by atoms with Gasteiger partial charge in [-0.3, -0.25) is 4.79 Å². The van der Waals surface area contributed by atoms with Crippen molar-refractivity contribution >= 4 is 21.7 Å². The number of aryl methyl sites for hydroxylation is 1. The number of nitrogens with zero attached hydrogens (tertiary/aromatic N) is 1. The number of methoxy groups -OCH3 is 1. The second kappa shape index (κ2) is 6.06. The van der Waals surface area contributed by atoms with Crippen LogP contribution in [-0.2, 0) is 6.42 Å². The lowest BCUT2D eigenvalue weighted by atomic mass is 9.95. The second-order valence-corrected chi connectivity index (χ2v) is 5.94. The fraction of sp³-hybridized carbons (Fsp3) is 0.143. The Morgan fingerprint density at radius 1 is 0.960 bits per heavy atom. The molecule has 0 bridgehead atoms. The van der Waals surface area contributed by atoms with E-state index in [9.17, 15) is 4.79 Å². The van der Waals surface area contributed by atoms with Crippen LogP contribution in [0, 0.1) is 0 Å². The number of pyridine rings is 2. The molecule has 4 aromatic rings. The zero-order valence-corrected chi connectivity index (χ0v) is 14.2. The summed E-state index contributed by atoms with van der Waals surface area (Å²) in [6.07, 6.45) is 2.56. The third-order valence-electron chi connectivity index (χ3n) is 4.57. The quantitative estimate of drug-likeness (QED) is 0.609. The van der Waals surface area contributed by atoms with Gasteiger partial charge in [-0.1, -0.05) is 25.1 Å². The van der Waals surface area contributed by atoms with Crippen molar-refractivity contribution < 1.29 is 4.74 Å². The molecule has 4 nitrogen and oxygen atoms in total. The van der Waals surface area contributed by atoms with E-state index in [-0.39, 0.29) is 5.56 Å². The van der Waals surface area contributed by atoms with Gasteiger partial charge >= 0.3 is 0 Å². The summed E-state index contributed by atoms with van der Waals surface area (Å²) in [5.74, 6) is 0.757. The van der Waals surface area contributed by atoms with E-state index >= 15 is 0 Å². The zero-order chi connectivity index (χ0) is 17.4. The highest BCUT2D eigenvalue weighted by atomic mass is 16.5. The topological polar surface area (TPSA) is 55.0 Å². The Morgan fingerprint density at radius 2 is 1.80 bits per heavy atom. The van der Waals surface area contributed by atoms with Crippen molar-refractivity contribution in [3.63, 3.8) is 0 Å². The summed E-state index contributed by atoms with van der Waals surface area (Å²) in [5.41, 5.74) is 3.85. The molecule has 1 N–H and O–H groups in total. The SMILES string of the molecule is CCc1ccc2c(-c3cccc4c(=O)[nH]ccc34)ccc(OC)c2n1. The first-order chi connectivity index (χ1) is 12.2. The predicted octanol–water partition coefficient (Wildman–Crippen LogP) is 4.31. The lowest BCUT2D eigenvalue weighted by Crippen LogP contribution is -2.04. The summed E-state index contributed by atoms with van der Waals surface area (Å²) in [6, 6.07) is 15.8. The number of aromatic amines is 1. The first-order valence-corrected chi connectivity index (χ1v) is 8.30. The van der Waals surface area contributed by atoms with Crippen LogP contribution >= 0.6 is 0 Å². The van der Waals surface area contributed by atoms with Gasteiger partial charge in [0.2, 0.25) is 0 Å². The molecule has 0 aliphatic rings. The van der Waals surface area contributed by atoms with E-state index < -0.39 is 0 Å². The maximum atomic E-state index is 12.1. The Kier molecular flexibility index (Phi) is 3.73. The first kappa shape index (κ1) is 15.4. The van der Waals surface area contributed by atoms with Gasteiger partial charge in [-0.2, -0.15) is 0 Å². The monoisotopic (exact) mass is 330 g/mol.